The average molecular weight is 478 g/mol. The van der Waals surface area contributed by atoms with E-state index in [1.54, 1.807) is 18.2 Å². The molecule has 2 amide bonds. The lowest BCUT2D eigenvalue weighted by molar-refractivity contribution is -0.0146. The molecule has 2 aliphatic rings. The summed E-state index contributed by atoms with van der Waals surface area (Å²) in [5.74, 6) is -0.535. The van der Waals surface area contributed by atoms with Crippen molar-refractivity contribution in [2.75, 3.05) is 27.2 Å². The van der Waals surface area contributed by atoms with Crippen LogP contribution in [-0.2, 0) is 22.4 Å². The normalized spacial score (nSPS) is 20.5. The summed E-state index contributed by atoms with van der Waals surface area (Å²) >= 11 is 7.10. The van der Waals surface area contributed by atoms with E-state index in [-0.39, 0.29) is 30.8 Å². The molecular weight excluding hydrogens is 454 g/mol. The number of hydrogen-bond acceptors (Lipinski definition) is 7. The molecule has 1 aromatic carbocycles. The monoisotopic (exact) mass is 477 g/mol. The third-order valence-electron chi connectivity index (χ3n) is 5.70. The number of rotatable bonds is 4. The molecule has 0 saturated carbocycles. The second-order valence-corrected chi connectivity index (χ2v) is 9.68. The highest BCUT2D eigenvalue weighted by atomic mass is 35.5. The molecule has 0 aliphatic carbocycles. The lowest BCUT2D eigenvalue weighted by atomic mass is 9.97. The lowest BCUT2D eigenvalue weighted by Gasteiger charge is -2.27. The Morgan fingerprint density at radius 1 is 1.19 bits per heavy atom. The van der Waals surface area contributed by atoms with Crippen molar-refractivity contribution in [3.63, 3.8) is 0 Å². The zero-order valence-electron chi connectivity index (χ0n) is 17.8. The number of nitrogens with zero attached hydrogens (tertiary/aromatic N) is 2. The summed E-state index contributed by atoms with van der Waals surface area (Å²) in [5, 5.41) is 2.90. The largest absolute Gasteiger partial charge is 0.509 e. The number of benzene rings is 1. The number of likely N-dealkylation sites (tertiary alicyclic amines) is 1. The summed E-state index contributed by atoms with van der Waals surface area (Å²) in [4.78, 5) is 41.8. The summed E-state index contributed by atoms with van der Waals surface area (Å²) in [7, 11) is 3.28. The number of thiophene rings is 1. The van der Waals surface area contributed by atoms with E-state index in [9.17, 15) is 14.4 Å². The first-order valence-electron chi connectivity index (χ1n) is 10.3. The van der Waals surface area contributed by atoms with E-state index < -0.39 is 12.4 Å². The third kappa shape index (κ3) is 4.90. The van der Waals surface area contributed by atoms with Crippen LogP contribution < -0.4 is 5.32 Å². The Balaban J connectivity index is 1.51. The van der Waals surface area contributed by atoms with E-state index in [2.05, 4.69) is 22.0 Å². The molecule has 170 valence electrons. The molecule has 32 heavy (non-hydrogen) atoms. The van der Waals surface area contributed by atoms with Crippen molar-refractivity contribution in [2.24, 2.45) is 0 Å². The third-order valence-corrected chi connectivity index (χ3v) is 6.93. The number of carbonyl (C=O) groups is 3. The van der Waals surface area contributed by atoms with Crippen LogP contribution >= 0.6 is 22.9 Å². The average Bonchev–Trinajstić information content (AvgIpc) is 3.38. The zero-order chi connectivity index (χ0) is 22.8. The summed E-state index contributed by atoms with van der Waals surface area (Å²) in [6.07, 6.45) is -0.578. The molecular formula is C22H24ClN3O5S. The minimum Gasteiger partial charge on any atom is -0.438 e. The second-order valence-electron chi connectivity index (χ2n) is 7.97. The number of nitrogens with one attached hydrogen (secondary N) is 1. The molecule has 0 radical (unpaired) electrons. The van der Waals surface area contributed by atoms with Crippen LogP contribution in [0.25, 0.3) is 0 Å². The Morgan fingerprint density at radius 3 is 2.72 bits per heavy atom. The van der Waals surface area contributed by atoms with E-state index in [0.717, 1.165) is 25.1 Å². The van der Waals surface area contributed by atoms with E-state index >= 15 is 0 Å². The molecule has 8 nitrogen and oxygen atoms in total. The van der Waals surface area contributed by atoms with Gasteiger partial charge in [-0.2, -0.15) is 0 Å². The van der Waals surface area contributed by atoms with Gasteiger partial charge in [0.05, 0.1) is 22.4 Å². The van der Waals surface area contributed by atoms with Gasteiger partial charge in [-0.3, -0.25) is 9.59 Å². The van der Waals surface area contributed by atoms with Crippen molar-refractivity contribution >= 4 is 40.9 Å². The topological polar surface area (TPSA) is 88.2 Å². The van der Waals surface area contributed by atoms with Crippen molar-refractivity contribution in [2.45, 2.75) is 31.7 Å². The van der Waals surface area contributed by atoms with Gasteiger partial charge in [0.15, 0.2) is 6.23 Å². The van der Waals surface area contributed by atoms with Crippen LogP contribution in [0.4, 0.5) is 4.79 Å². The molecule has 1 fully saturated rings. The summed E-state index contributed by atoms with van der Waals surface area (Å²) in [5.41, 5.74) is 2.89. The summed E-state index contributed by atoms with van der Waals surface area (Å²) in [6, 6.07) is 8.61. The van der Waals surface area contributed by atoms with Gasteiger partial charge < -0.3 is 24.6 Å². The molecule has 4 rings (SSSR count). The maximum atomic E-state index is 13.3. The fourth-order valence-corrected chi connectivity index (χ4v) is 5.02. The maximum Gasteiger partial charge on any atom is 0.509 e. The number of hydrogen-bond donors (Lipinski definition) is 1. The summed E-state index contributed by atoms with van der Waals surface area (Å²) in [6.45, 7) is 2.00. The minimum absolute atomic E-state index is 0.213. The molecule has 0 spiro atoms. The number of fused-ring (bicyclic) bond motifs is 1. The fraction of sp³-hybridized carbons (Fsp3) is 0.409. The molecule has 1 saturated heterocycles. The Morgan fingerprint density at radius 2 is 2.00 bits per heavy atom. The van der Waals surface area contributed by atoms with Crippen molar-refractivity contribution in [1.29, 1.82) is 0 Å². The standard InChI is InChI=1S/C22H24ClN3O5S/c1-25-8-7-13-9-14(3-4-15(13)11-25)21(28)26-12-16(10-19(26)31-22(29)30-2)24-20(27)17-5-6-18(23)32-17/h3-6,9,16,19H,7-8,10-12H2,1-2H3,(H,24,27)/t16-,19+/m1/s1. The second kappa shape index (κ2) is 9.48. The van der Waals surface area contributed by atoms with Gasteiger partial charge in [-0.15, -0.1) is 11.3 Å². The smallest absolute Gasteiger partial charge is 0.438 e. The van der Waals surface area contributed by atoms with Gasteiger partial charge in [-0.25, -0.2) is 4.79 Å². The summed E-state index contributed by atoms with van der Waals surface area (Å²) < 4.78 is 10.5. The number of amides is 2. The van der Waals surface area contributed by atoms with Gasteiger partial charge in [0.25, 0.3) is 11.8 Å². The predicted molar refractivity (Wildman–Crippen MR) is 120 cm³/mol. The van der Waals surface area contributed by atoms with Crippen LogP contribution in [0, 0.1) is 0 Å². The van der Waals surface area contributed by atoms with Crippen molar-refractivity contribution in [3.05, 3.63) is 56.2 Å². The first-order chi connectivity index (χ1) is 15.3. The van der Waals surface area contributed by atoms with Crippen molar-refractivity contribution in [3.8, 4) is 0 Å². The maximum absolute atomic E-state index is 13.3. The first kappa shape index (κ1) is 22.6. The molecule has 2 aromatic rings. The van der Waals surface area contributed by atoms with Gasteiger partial charge in [-0.05, 0) is 48.9 Å². The molecule has 0 unspecified atom stereocenters. The van der Waals surface area contributed by atoms with E-state index in [4.69, 9.17) is 16.3 Å². The Labute approximate surface area is 195 Å². The number of carbonyl (C=O) groups excluding carboxylic acids is 3. The van der Waals surface area contributed by atoms with Gasteiger partial charge in [-0.1, -0.05) is 17.7 Å². The SMILES string of the molecule is COC(=O)O[C@H]1C[C@@H](NC(=O)c2ccc(Cl)s2)CN1C(=O)c1ccc2c(c1)CCN(C)C2. The molecule has 1 N–H and O–H groups in total. The van der Waals surface area contributed by atoms with Gasteiger partial charge in [0.1, 0.15) is 0 Å². The molecule has 2 atom stereocenters. The highest BCUT2D eigenvalue weighted by Crippen LogP contribution is 2.26. The van der Waals surface area contributed by atoms with Gasteiger partial charge >= 0.3 is 6.16 Å². The van der Waals surface area contributed by atoms with Crippen LogP contribution in [-0.4, -0.2) is 67.3 Å². The van der Waals surface area contributed by atoms with E-state index in [1.165, 1.54) is 28.9 Å². The minimum atomic E-state index is -0.877. The molecule has 2 aliphatic heterocycles. The number of methoxy groups -OCH3 is 1. The first-order valence-corrected chi connectivity index (χ1v) is 11.5. The Bertz CT molecular complexity index is 1040. The highest BCUT2D eigenvalue weighted by molar-refractivity contribution is 7.18. The number of likely N-dealkylation sites (N-methyl/N-ethyl adjacent to an activating group) is 1. The molecule has 3 heterocycles. The highest BCUT2D eigenvalue weighted by Gasteiger charge is 2.39. The zero-order valence-corrected chi connectivity index (χ0v) is 19.4. The Hall–Kier alpha value is -2.62. The van der Waals surface area contributed by atoms with Crippen molar-refractivity contribution in [1.82, 2.24) is 15.1 Å². The Kier molecular flexibility index (Phi) is 6.68. The molecule has 0 bridgehead atoms. The van der Waals surface area contributed by atoms with E-state index in [0.29, 0.717) is 14.8 Å². The van der Waals surface area contributed by atoms with Crippen LogP contribution in [0.3, 0.4) is 0 Å². The number of ether oxygens (including phenoxy) is 2. The van der Waals surface area contributed by atoms with Gasteiger partial charge in [0.2, 0.25) is 0 Å². The van der Waals surface area contributed by atoms with Crippen LogP contribution in [0.1, 0.15) is 37.6 Å². The van der Waals surface area contributed by atoms with Crippen LogP contribution in [0.5, 0.6) is 0 Å². The van der Waals surface area contributed by atoms with Gasteiger partial charge in [0, 0.05) is 31.6 Å². The van der Waals surface area contributed by atoms with Crippen LogP contribution in [0.2, 0.25) is 4.34 Å². The van der Waals surface area contributed by atoms with Crippen molar-refractivity contribution < 1.29 is 23.9 Å². The van der Waals surface area contributed by atoms with Crippen LogP contribution in [0.15, 0.2) is 30.3 Å². The van der Waals surface area contributed by atoms with E-state index in [1.807, 2.05) is 12.1 Å². The quantitative estimate of drug-likeness (QED) is 0.680. The number of halogens is 1. The molecule has 1 aromatic heterocycles. The predicted octanol–water partition coefficient (Wildman–Crippen LogP) is 3.14. The molecule has 10 heteroatoms. The lowest BCUT2D eigenvalue weighted by Crippen LogP contribution is -2.40. The fourth-order valence-electron chi connectivity index (χ4n) is 4.08.